The second-order valence-electron chi connectivity index (χ2n) is 15.2. The van der Waals surface area contributed by atoms with E-state index >= 15 is 0 Å². The molecule has 4 heteroatoms. The normalized spacial score (nSPS) is 26.9. The van der Waals surface area contributed by atoms with Gasteiger partial charge in [0.15, 0.2) is 17.5 Å². The van der Waals surface area contributed by atoms with E-state index in [9.17, 15) is 5.26 Å². The molecule has 0 N–H and O–H groups in total. The molecule has 10 rings (SSSR count). The molecule has 5 aliphatic rings. The van der Waals surface area contributed by atoms with Gasteiger partial charge in [0, 0.05) is 22.6 Å². The number of benzene rings is 4. The SMILES string of the molecule is C[C@H]1[C@@H]2[C@@H]3CC[C@H]2CC1(c1cccc2c1C=CC1CC=C(c4nc(-c5ccccc5)nc(-c5ccc(-c6ccc(C#N)cc6)cc5)n4)C=C21)C3. The predicted octanol–water partition coefficient (Wildman–Crippen LogP) is 10.6. The Morgan fingerprint density at radius 3 is 2.02 bits per heavy atom. The van der Waals surface area contributed by atoms with Crippen LogP contribution in [0.4, 0.5) is 0 Å². The molecule has 6 atom stereocenters. The standard InChI is InChI=1S/C46H38N4/c1-28-42-36-20-21-37(42)26-46(28,25-36)41-9-5-8-38-39(41)23-22-32-16-19-35(24-40(32)38)45-49-43(33-6-3-2-4-7-33)48-44(50-45)34-17-14-31(15-18-34)30-12-10-29(27-47)11-13-30/h2-15,17-19,22-24,28,32,36-37,42H,16,20-21,25-26H2,1H3/t28-,32?,36-,37+,42-,46?/m0/s1. The van der Waals surface area contributed by atoms with Crippen LogP contribution in [0.15, 0.2) is 115 Å². The first-order valence-electron chi connectivity index (χ1n) is 18.2. The summed E-state index contributed by atoms with van der Waals surface area (Å²) in [5.41, 5.74) is 11.9. The topological polar surface area (TPSA) is 62.5 Å². The van der Waals surface area contributed by atoms with Gasteiger partial charge >= 0.3 is 0 Å². The monoisotopic (exact) mass is 646 g/mol. The van der Waals surface area contributed by atoms with Crippen molar-refractivity contribution in [2.24, 2.45) is 29.6 Å². The molecule has 0 aliphatic heterocycles. The first-order chi connectivity index (χ1) is 24.6. The van der Waals surface area contributed by atoms with Crippen LogP contribution in [0, 0.1) is 40.9 Å². The Labute approximate surface area is 294 Å². The minimum atomic E-state index is 0.330. The molecule has 4 nitrogen and oxygen atoms in total. The molecular formula is C46H38N4. The summed E-state index contributed by atoms with van der Waals surface area (Å²) in [7, 11) is 0. The number of nitrogens with zero attached hydrogens (tertiary/aromatic N) is 4. The molecule has 0 radical (unpaired) electrons. The van der Waals surface area contributed by atoms with Gasteiger partial charge in [-0.1, -0.05) is 110 Å². The lowest BCUT2D eigenvalue weighted by Gasteiger charge is -2.36. The lowest BCUT2D eigenvalue weighted by molar-refractivity contribution is 0.307. The Morgan fingerprint density at radius 1 is 0.700 bits per heavy atom. The minimum Gasteiger partial charge on any atom is -0.208 e. The highest BCUT2D eigenvalue weighted by atomic mass is 15.0. The summed E-state index contributed by atoms with van der Waals surface area (Å²) in [6, 6.07) is 35.6. The molecule has 0 spiro atoms. The third-order valence-electron chi connectivity index (χ3n) is 12.9. The third-order valence-corrected chi connectivity index (χ3v) is 12.9. The summed E-state index contributed by atoms with van der Waals surface area (Å²) < 4.78 is 0. The molecule has 3 saturated carbocycles. The minimum absolute atomic E-state index is 0.330. The van der Waals surface area contributed by atoms with Crippen LogP contribution in [0.5, 0.6) is 0 Å². The molecule has 0 saturated heterocycles. The van der Waals surface area contributed by atoms with Crippen LogP contribution >= 0.6 is 0 Å². The molecule has 3 fully saturated rings. The smallest absolute Gasteiger partial charge is 0.164 e. The summed E-state index contributed by atoms with van der Waals surface area (Å²) in [4.78, 5) is 15.2. The van der Waals surface area contributed by atoms with E-state index in [-0.39, 0.29) is 0 Å². The Morgan fingerprint density at radius 2 is 1.34 bits per heavy atom. The lowest BCUT2D eigenvalue weighted by atomic mass is 9.68. The summed E-state index contributed by atoms with van der Waals surface area (Å²) >= 11 is 0. The fraction of sp³-hybridized carbons (Fsp3) is 0.261. The van der Waals surface area contributed by atoms with Gasteiger partial charge in [0.2, 0.25) is 0 Å². The molecule has 1 heterocycles. The molecule has 0 amide bonds. The second kappa shape index (κ2) is 11.3. The maximum absolute atomic E-state index is 9.20. The van der Waals surface area contributed by atoms with Crippen LogP contribution in [0.2, 0.25) is 0 Å². The van der Waals surface area contributed by atoms with Crippen LogP contribution in [0.25, 0.3) is 51.1 Å². The Kier molecular flexibility index (Phi) is 6.68. The largest absolute Gasteiger partial charge is 0.208 e. The summed E-state index contributed by atoms with van der Waals surface area (Å²) in [5, 5.41) is 9.20. The first kappa shape index (κ1) is 29.5. The van der Waals surface area contributed by atoms with Crippen LogP contribution in [-0.4, -0.2) is 15.0 Å². The summed E-state index contributed by atoms with van der Waals surface area (Å²) in [5.74, 6) is 5.95. The van der Waals surface area contributed by atoms with Crippen molar-refractivity contribution >= 4 is 17.2 Å². The number of aromatic nitrogens is 3. The fourth-order valence-electron chi connectivity index (χ4n) is 10.6. The number of allylic oxidation sites excluding steroid dienone is 5. The van der Waals surface area contributed by atoms with E-state index in [0.717, 1.165) is 57.9 Å². The number of hydrogen-bond donors (Lipinski definition) is 0. The summed E-state index contributed by atoms with van der Waals surface area (Å²) in [6.07, 6.45) is 16.1. The van der Waals surface area contributed by atoms with Crippen molar-refractivity contribution in [1.82, 2.24) is 15.0 Å². The van der Waals surface area contributed by atoms with E-state index in [1.165, 1.54) is 42.4 Å². The van der Waals surface area contributed by atoms with E-state index in [2.05, 4.69) is 91.9 Å². The molecule has 4 aromatic carbocycles. The van der Waals surface area contributed by atoms with Gasteiger partial charge in [-0.15, -0.1) is 0 Å². The van der Waals surface area contributed by atoms with E-state index in [0.29, 0.717) is 34.4 Å². The summed E-state index contributed by atoms with van der Waals surface area (Å²) in [6.45, 7) is 2.56. The van der Waals surface area contributed by atoms with Crippen molar-refractivity contribution in [2.75, 3.05) is 0 Å². The van der Waals surface area contributed by atoms with Gasteiger partial charge in [-0.25, -0.2) is 15.0 Å². The number of nitriles is 1. The maximum Gasteiger partial charge on any atom is 0.164 e. The quantitative estimate of drug-likeness (QED) is 0.191. The van der Waals surface area contributed by atoms with Crippen molar-refractivity contribution in [3.63, 3.8) is 0 Å². The van der Waals surface area contributed by atoms with Crippen LogP contribution in [0.3, 0.4) is 0 Å². The van der Waals surface area contributed by atoms with E-state index in [1.54, 1.807) is 5.56 Å². The molecule has 50 heavy (non-hydrogen) atoms. The Hall–Kier alpha value is -5.40. The van der Waals surface area contributed by atoms with Crippen molar-refractivity contribution < 1.29 is 0 Å². The van der Waals surface area contributed by atoms with Gasteiger partial charge in [-0.05, 0) is 113 Å². The van der Waals surface area contributed by atoms with Crippen molar-refractivity contribution in [1.29, 1.82) is 5.26 Å². The van der Waals surface area contributed by atoms with Gasteiger partial charge in [0.25, 0.3) is 0 Å². The van der Waals surface area contributed by atoms with Crippen molar-refractivity contribution in [2.45, 2.75) is 44.4 Å². The Balaban J connectivity index is 1.04. The van der Waals surface area contributed by atoms with E-state index < -0.39 is 0 Å². The second-order valence-corrected chi connectivity index (χ2v) is 15.2. The van der Waals surface area contributed by atoms with Crippen LogP contribution < -0.4 is 0 Å². The third kappa shape index (κ3) is 4.53. The number of rotatable bonds is 5. The molecule has 242 valence electrons. The van der Waals surface area contributed by atoms with Gasteiger partial charge in [-0.2, -0.15) is 5.26 Å². The van der Waals surface area contributed by atoms with Crippen molar-refractivity contribution in [3.05, 3.63) is 143 Å². The van der Waals surface area contributed by atoms with E-state index in [4.69, 9.17) is 15.0 Å². The zero-order valence-corrected chi connectivity index (χ0v) is 28.3. The first-order valence-corrected chi connectivity index (χ1v) is 18.2. The molecule has 2 bridgehead atoms. The fourth-order valence-corrected chi connectivity index (χ4v) is 10.6. The van der Waals surface area contributed by atoms with Gasteiger partial charge in [0.05, 0.1) is 11.6 Å². The molecule has 5 aliphatic carbocycles. The molecule has 2 unspecified atom stereocenters. The maximum atomic E-state index is 9.20. The highest BCUT2D eigenvalue weighted by molar-refractivity contribution is 5.91. The highest BCUT2D eigenvalue weighted by Crippen LogP contribution is 2.70. The number of fused-ring (bicyclic) bond motifs is 4. The number of hydrogen-bond acceptors (Lipinski definition) is 4. The zero-order chi connectivity index (χ0) is 33.4. The van der Waals surface area contributed by atoms with Gasteiger partial charge in [-0.3, -0.25) is 0 Å². The Bertz CT molecular complexity index is 2270. The average molecular weight is 647 g/mol. The van der Waals surface area contributed by atoms with Crippen LogP contribution in [-0.2, 0) is 5.41 Å². The average Bonchev–Trinajstić information content (AvgIpc) is 3.74. The van der Waals surface area contributed by atoms with E-state index in [1.807, 2.05) is 42.5 Å². The van der Waals surface area contributed by atoms with Crippen molar-refractivity contribution in [3.8, 4) is 40.0 Å². The molecular weight excluding hydrogens is 609 g/mol. The lowest BCUT2D eigenvalue weighted by Crippen LogP contribution is -2.28. The molecule has 5 aromatic rings. The zero-order valence-electron chi connectivity index (χ0n) is 28.3. The van der Waals surface area contributed by atoms with Crippen LogP contribution in [0.1, 0.15) is 67.1 Å². The predicted molar refractivity (Wildman–Crippen MR) is 200 cm³/mol. The molecule has 1 aromatic heterocycles. The van der Waals surface area contributed by atoms with Gasteiger partial charge < -0.3 is 0 Å². The highest BCUT2D eigenvalue weighted by Gasteiger charge is 2.63. The van der Waals surface area contributed by atoms with Gasteiger partial charge in [0.1, 0.15) is 0 Å².